The van der Waals surface area contributed by atoms with Crippen molar-refractivity contribution in [2.45, 2.75) is 10.8 Å². The number of phenols is 1. The maximum atomic E-state index is 9.37. The molecule has 12 heavy (non-hydrogen) atoms. The van der Waals surface area contributed by atoms with Crippen molar-refractivity contribution >= 4 is 15.2 Å². The van der Waals surface area contributed by atoms with Crippen LogP contribution < -0.4 is 0 Å². The average molecular weight is 181 g/mol. The summed E-state index contributed by atoms with van der Waals surface area (Å²) in [5.74, 6) is 2.12. The van der Waals surface area contributed by atoms with Crippen LogP contribution >= 0.6 is 0 Å². The van der Waals surface area contributed by atoms with E-state index < -0.39 is 0 Å². The van der Waals surface area contributed by atoms with E-state index in [0.717, 1.165) is 0 Å². The van der Waals surface area contributed by atoms with Crippen LogP contribution in [0.2, 0.25) is 5.79 Å². The van der Waals surface area contributed by atoms with Crippen molar-refractivity contribution in [1.82, 2.24) is 0 Å². The molecule has 1 atom stereocenters. The van der Waals surface area contributed by atoms with E-state index in [9.17, 15) is 5.11 Å². The maximum absolute atomic E-state index is 9.37. The van der Waals surface area contributed by atoms with Crippen LogP contribution in [-0.4, -0.2) is 25.6 Å². The molecule has 2 N–H and O–H groups in total. The third-order valence-electron chi connectivity index (χ3n) is 1.66. The van der Waals surface area contributed by atoms with Crippen LogP contribution in [0.5, 0.6) is 5.75 Å². The van der Waals surface area contributed by atoms with Gasteiger partial charge in [-0.25, -0.2) is 4.89 Å². The van der Waals surface area contributed by atoms with Gasteiger partial charge in [0.15, 0.2) is 0 Å². The number of rotatable bonds is 3. The highest BCUT2D eigenvalue weighted by molar-refractivity contribution is 6.35. The number of phenolic OH excluding ortho intramolecular Hbond substituents is 1. The Labute approximate surface area is 77.2 Å². The van der Waals surface area contributed by atoms with E-state index in [2.05, 4.69) is 4.89 Å². The van der Waals surface area contributed by atoms with Crippen LogP contribution in [0.4, 0.5) is 0 Å². The maximum Gasteiger partial charge on any atom is 0.258 e. The number of aromatic hydroxyl groups is 1. The molecule has 0 aliphatic rings. The van der Waals surface area contributed by atoms with Crippen LogP contribution in [-0.2, 0) is 4.89 Å². The summed E-state index contributed by atoms with van der Waals surface area (Å²) in [6.07, 6.45) is 0. The smallest absolute Gasteiger partial charge is 0.258 e. The Morgan fingerprint density at radius 3 is 2.58 bits per heavy atom. The molecule has 0 spiro atoms. The quantitative estimate of drug-likeness (QED) is 0.423. The van der Waals surface area contributed by atoms with Gasteiger partial charge in [0, 0.05) is 5.56 Å². The Balaban J connectivity index is 2.92. The molecule has 63 valence electrons. The zero-order chi connectivity index (χ0) is 8.97. The summed E-state index contributed by atoms with van der Waals surface area (Å²) in [4.78, 5) is 3.89. The standard InChI is InChI=1S/C7H7O3.CH3.Al/c8-7-4-2-1-3-6(7)5-10-9;;/h1-5,8-9H;1H3;. The molecule has 3 nitrogen and oxygen atoms in total. The molecule has 1 aromatic carbocycles. The topological polar surface area (TPSA) is 49.7 Å². The molecule has 0 aliphatic heterocycles. The Morgan fingerprint density at radius 2 is 2.08 bits per heavy atom. The van der Waals surface area contributed by atoms with Gasteiger partial charge in [-0.15, -0.1) is 5.79 Å². The molecule has 1 unspecified atom stereocenters. The first-order valence-corrected chi connectivity index (χ1v) is 5.49. The molecule has 1 radical (unpaired) electrons. The third kappa shape index (κ3) is 1.99. The van der Waals surface area contributed by atoms with E-state index in [1.54, 1.807) is 24.3 Å². The van der Waals surface area contributed by atoms with Gasteiger partial charge < -0.3 is 5.11 Å². The first kappa shape index (κ1) is 9.56. The summed E-state index contributed by atoms with van der Waals surface area (Å²) in [5, 5.41) is 17.9. The van der Waals surface area contributed by atoms with Crippen LogP contribution in [0.1, 0.15) is 10.5 Å². The lowest BCUT2D eigenvalue weighted by molar-refractivity contribution is -0.260. The molecule has 0 amide bonds. The highest BCUT2D eigenvalue weighted by Gasteiger charge is 2.13. The Kier molecular flexibility index (Phi) is 3.57. The summed E-state index contributed by atoms with van der Waals surface area (Å²) in [6, 6.07) is 6.86. The zero-order valence-corrected chi connectivity index (χ0v) is 7.92. The molecule has 0 fully saturated rings. The van der Waals surface area contributed by atoms with Gasteiger partial charge in [-0.2, -0.15) is 0 Å². The second-order valence-electron chi connectivity index (χ2n) is 2.42. The Morgan fingerprint density at radius 1 is 1.42 bits per heavy atom. The molecule has 0 saturated carbocycles. The largest absolute Gasteiger partial charge is 0.508 e. The van der Waals surface area contributed by atoms with Gasteiger partial charge in [0.2, 0.25) is 0 Å². The third-order valence-corrected chi connectivity index (χ3v) is 2.75. The van der Waals surface area contributed by atoms with E-state index in [1.807, 2.05) is 5.79 Å². The van der Waals surface area contributed by atoms with Gasteiger partial charge in [-0.05, 0) is 6.07 Å². The predicted molar refractivity (Wildman–Crippen MR) is 46.2 cm³/mol. The normalized spacial score (nSPS) is 12.5. The van der Waals surface area contributed by atoms with Gasteiger partial charge in [-0.3, -0.25) is 5.26 Å². The molecule has 0 saturated heterocycles. The lowest BCUT2D eigenvalue weighted by Crippen LogP contribution is -2.07. The minimum absolute atomic E-state index is 0.0667. The number of para-hydroxylation sites is 1. The van der Waals surface area contributed by atoms with Crippen molar-refractivity contribution in [1.29, 1.82) is 0 Å². The molecule has 1 rings (SSSR count). The second kappa shape index (κ2) is 4.49. The van der Waals surface area contributed by atoms with Crippen LogP contribution in [0.15, 0.2) is 24.3 Å². The van der Waals surface area contributed by atoms with Crippen LogP contribution in [0.25, 0.3) is 0 Å². The molecular weight excluding hydrogens is 171 g/mol. The summed E-state index contributed by atoms with van der Waals surface area (Å²) < 4.78 is 0. The van der Waals surface area contributed by atoms with E-state index in [0.29, 0.717) is 5.56 Å². The van der Waals surface area contributed by atoms with Gasteiger partial charge in [0.05, 0.1) is 4.97 Å². The first-order chi connectivity index (χ1) is 5.79. The van der Waals surface area contributed by atoms with Crippen molar-refractivity contribution in [3.63, 3.8) is 0 Å². The Bertz CT molecular complexity index is 248. The SMILES string of the molecule is [CH3][Al][CH](OO)c1ccccc1O. The first-order valence-electron chi connectivity index (χ1n) is 3.67. The minimum Gasteiger partial charge on any atom is -0.508 e. The summed E-state index contributed by atoms with van der Waals surface area (Å²) >= 11 is -0.0667. The zero-order valence-electron chi connectivity index (χ0n) is 6.77. The molecule has 0 aromatic heterocycles. The highest BCUT2D eigenvalue weighted by atomic mass is 27.1. The second-order valence-corrected chi connectivity index (χ2v) is 3.69. The molecule has 4 heteroatoms. The molecule has 0 aliphatic carbocycles. The summed E-state index contributed by atoms with van der Waals surface area (Å²) in [5.41, 5.74) is 0.650. The molecule has 1 aromatic rings. The van der Waals surface area contributed by atoms with Crippen LogP contribution in [0, 0.1) is 0 Å². The van der Waals surface area contributed by atoms with Gasteiger partial charge >= 0.3 is 0 Å². The summed E-state index contributed by atoms with van der Waals surface area (Å²) in [6.45, 7) is 0. The van der Waals surface area contributed by atoms with Gasteiger partial charge in [-0.1, -0.05) is 18.2 Å². The number of hydrogen-bond donors (Lipinski definition) is 2. The van der Waals surface area contributed by atoms with Gasteiger partial charge in [0.25, 0.3) is 15.2 Å². The van der Waals surface area contributed by atoms with E-state index >= 15 is 0 Å². The number of benzene rings is 1. The fourth-order valence-corrected chi connectivity index (χ4v) is 1.79. The van der Waals surface area contributed by atoms with Crippen molar-refractivity contribution in [3.05, 3.63) is 29.8 Å². The van der Waals surface area contributed by atoms with Crippen LogP contribution in [0.3, 0.4) is 0 Å². The minimum atomic E-state index is -0.355. The van der Waals surface area contributed by atoms with Crippen molar-refractivity contribution < 1.29 is 15.3 Å². The van der Waals surface area contributed by atoms with Crippen molar-refractivity contribution in [3.8, 4) is 5.75 Å². The van der Waals surface area contributed by atoms with E-state index in [1.165, 1.54) is 0 Å². The molecule has 0 heterocycles. The Hall–Kier alpha value is -0.528. The summed E-state index contributed by atoms with van der Waals surface area (Å²) in [7, 11) is 0. The van der Waals surface area contributed by atoms with E-state index in [4.69, 9.17) is 5.26 Å². The molecular formula is C8H10AlO3. The average Bonchev–Trinajstić information content (AvgIpc) is 2.10. The van der Waals surface area contributed by atoms with Crippen molar-refractivity contribution in [2.24, 2.45) is 0 Å². The van der Waals surface area contributed by atoms with Crippen molar-refractivity contribution in [2.75, 3.05) is 0 Å². The predicted octanol–water partition coefficient (Wildman–Crippen LogP) is 1.63. The van der Waals surface area contributed by atoms with Gasteiger partial charge in [0.1, 0.15) is 5.75 Å². The lowest BCUT2D eigenvalue weighted by Gasteiger charge is -2.11. The fourth-order valence-electron chi connectivity index (χ4n) is 1.03. The number of hydrogen-bond acceptors (Lipinski definition) is 3. The van der Waals surface area contributed by atoms with E-state index in [-0.39, 0.29) is 25.9 Å². The highest BCUT2D eigenvalue weighted by Crippen LogP contribution is 2.24. The molecule has 0 bridgehead atoms. The monoisotopic (exact) mass is 181 g/mol. The lowest BCUT2D eigenvalue weighted by atomic mass is 10.2. The fraction of sp³-hybridized carbons (Fsp3) is 0.250.